The molecule has 1 aromatic carbocycles. The van der Waals surface area contributed by atoms with E-state index >= 15 is 0 Å². The third-order valence-electron chi connectivity index (χ3n) is 3.32. The fourth-order valence-corrected chi connectivity index (χ4v) is 2.71. The lowest BCUT2D eigenvalue weighted by atomic mass is 10.00. The highest BCUT2D eigenvalue weighted by molar-refractivity contribution is 6.30. The second-order valence-electron chi connectivity index (χ2n) is 5.07. The average molecular weight is 293 g/mol. The minimum absolute atomic E-state index is 0.0451. The van der Waals surface area contributed by atoms with Crippen molar-refractivity contribution in [1.82, 2.24) is 4.98 Å². The van der Waals surface area contributed by atoms with Crippen molar-refractivity contribution in [3.63, 3.8) is 0 Å². The summed E-state index contributed by atoms with van der Waals surface area (Å²) in [5, 5.41) is 3.42. The van der Waals surface area contributed by atoms with Gasteiger partial charge in [0.25, 0.3) is 0 Å². The first-order valence-electron chi connectivity index (χ1n) is 6.55. The van der Waals surface area contributed by atoms with Gasteiger partial charge in [-0.3, -0.25) is 4.98 Å². The molecule has 0 aliphatic heterocycles. The molecule has 1 heterocycles. The maximum absolute atomic E-state index is 13.5. The smallest absolute Gasteiger partial charge is 0.143 e. The van der Waals surface area contributed by atoms with Crippen LogP contribution < -0.4 is 5.32 Å². The van der Waals surface area contributed by atoms with E-state index in [2.05, 4.69) is 23.3 Å². The van der Waals surface area contributed by atoms with Crippen LogP contribution in [-0.2, 0) is 0 Å². The average Bonchev–Trinajstić information content (AvgIpc) is 2.32. The van der Waals surface area contributed by atoms with Crippen molar-refractivity contribution >= 4 is 17.3 Å². The van der Waals surface area contributed by atoms with E-state index in [1.165, 1.54) is 11.6 Å². The number of anilines is 1. The Morgan fingerprint density at radius 3 is 2.50 bits per heavy atom. The molecule has 2 nitrogen and oxygen atoms in total. The van der Waals surface area contributed by atoms with Crippen molar-refractivity contribution in [1.29, 1.82) is 0 Å². The van der Waals surface area contributed by atoms with Gasteiger partial charge in [0.2, 0.25) is 0 Å². The molecular weight excluding hydrogens is 275 g/mol. The van der Waals surface area contributed by atoms with E-state index < -0.39 is 5.82 Å². The van der Waals surface area contributed by atoms with Crippen LogP contribution in [0.3, 0.4) is 0 Å². The summed E-state index contributed by atoms with van der Waals surface area (Å²) >= 11 is 5.69. The Hall–Kier alpha value is -1.61. The molecular formula is C16H18ClFN2. The van der Waals surface area contributed by atoms with Crippen molar-refractivity contribution in [3.8, 4) is 0 Å². The molecule has 1 atom stereocenters. The molecule has 2 rings (SSSR count). The second-order valence-corrected chi connectivity index (χ2v) is 5.48. The quantitative estimate of drug-likeness (QED) is 0.863. The monoisotopic (exact) mass is 292 g/mol. The molecule has 0 spiro atoms. The van der Waals surface area contributed by atoms with Crippen LogP contribution in [0.1, 0.15) is 35.5 Å². The lowest BCUT2D eigenvalue weighted by Crippen LogP contribution is -2.11. The van der Waals surface area contributed by atoms with Gasteiger partial charge in [0.1, 0.15) is 5.82 Å². The number of hydrogen-bond donors (Lipinski definition) is 1. The summed E-state index contributed by atoms with van der Waals surface area (Å²) < 4.78 is 13.5. The highest BCUT2D eigenvalue weighted by atomic mass is 35.5. The molecule has 1 aromatic heterocycles. The number of halogens is 2. The summed E-state index contributed by atoms with van der Waals surface area (Å²) in [7, 11) is 0. The van der Waals surface area contributed by atoms with E-state index in [1.54, 1.807) is 12.1 Å². The Morgan fingerprint density at radius 2 is 1.90 bits per heavy atom. The maximum atomic E-state index is 13.5. The topological polar surface area (TPSA) is 24.9 Å². The van der Waals surface area contributed by atoms with E-state index in [1.807, 2.05) is 20.8 Å². The molecule has 106 valence electrons. The molecule has 20 heavy (non-hydrogen) atoms. The van der Waals surface area contributed by atoms with Crippen LogP contribution in [0.2, 0.25) is 5.02 Å². The van der Waals surface area contributed by atoms with E-state index in [0.29, 0.717) is 5.69 Å². The summed E-state index contributed by atoms with van der Waals surface area (Å²) in [6.45, 7) is 8.09. The van der Waals surface area contributed by atoms with E-state index in [9.17, 15) is 4.39 Å². The highest BCUT2D eigenvalue weighted by Gasteiger charge is 2.13. The van der Waals surface area contributed by atoms with Gasteiger partial charge in [-0.1, -0.05) is 11.6 Å². The molecule has 0 fully saturated rings. The summed E-state index contributed by atoms with van der Waals surface area (Å²) in [5.41, 5.74) is 5.04. The minimum atomic E-state index is -0.417. The van der Waals surface area contributed by atoms with Crippen LogP contribution in [0.15, 0.2) is 24.3 Å². The first-order chi connectivity index (χ1) is 9.38. The number of hydrogen-bond acceptors (Lipinski definition) is 2. The van der Waals surface area contributed by atoms with Crippen molar-refractivity contribution in [2.45, 2.75) is 33.7 Å². The third-order valence-corrected chi connectivity index (χ3v) is 3.63. The van der Waals surface area contributed by atoms with Crippen molar-refractivity contribution in [2.75, 3.05) is 5.32 Å². The Bertz CT molecular complexity index is 617. The fraction of sp³-hybridized carbons (Fsp3) is 0.312. The first-order valence-corrected chi connectivity index (χ1v) is 6.92. The second kappa shape index (κ2) is 5.80. The van der Waals surface area contributed by atoms with Gasteiger partial charge in [0.05, 0.1) is 11.1 Å². The molecule has 4 heteroatoms. The van der Waals surface area contributed by atoms with Gasteiger partial charge in [-0.05, 0) is 63.1 Å². The van der Waals surface area contributed by atoms with Gasteiger partial charge in [-0.2, -0.15) is 0 Å². The summed E-state index contributed by atoms with van der Waals surface area (Å²) in [4.78, 5) is 4.49. The number of benzene rings is 1. The Labute approximate surface area is 124 Å². The standard InChI is InChI=1S/C16H18ClFN2/c1-9-7-10(2)19-11(3)16(9)12(4)20-13-5-6-14(17)15(18)8-13/h5-8,12,20H,1-4H3. The van der Waals surface area contributed by atoms with Gasteiger partial charge in [-0.15, -0.1) is 0 Å². The predicted octanol–water partition coefficient (Wildman–Crippen LogP) is 4.97. The number of aryl methyl sites for hydroxylation is 3. The maximum Gasteiger partial charge on any atom is 0.143 e. The Kier molecular flexibility index (Phi) is 4.29. The molecule has 0 saturated heterocycles. The van der Waals surface area contributed by atoms with Crippen LogP contribution in [0.5, 0.6) is 0 Å². The Balaban J connectivity index is 2.28. The van der Waals surface area contributed by atoms with Crippen molar-refractivity contribution < 1.29 is 4.39 Å². The third kappa shape index (κ3) is 3.10. The van der Waals surface area contributed by atoms with E-state index in [4.69, 9.17) is 11.6 Å². The van der Waals surface area contributed by atoms with Gasteiger partial charge in [-0.25, -0.2) is 4.39 Å². The zero-order chi connectivity index (χ0) is 14.9. The molecule has 1 N–H and O–H groups in total. The summed E-state index contributed by atoms with van der Waals surface area (Å²) in [6.07, 6.45) is 0. The highest BCUT2D eigenvalue weighted by Crippen LogP contribution is 2.26. The molecule has 0 saturated carbocycles. The fourth-order valence-electron chi connectivity index (χ4n) is 2.60. The zero-order valence-electron chi connectivity index (χ0n) is 12.1. The minimum Gasteiger partial charge on any atom is -0.378 e. The SMILES string of the molecule is Cc1cc(C)c(C(C)Nc2ccc(Cl)c(F)c2)c(C)n1. The first kappa shape index (κ1) is 14.8. The molecule has 2 aromatic rings. The van der Waals surface area contributed by atoms with Crippen LogP contribution in [0.25, 0.3) is 0 Å². The van der Waals surface area contributed by atoms with E-state index in [-0.39, 0.29) is 11.1 Å². The summed E-state index contributed by atoms with van der Waals surface area (Å²) in [5.74, 6) is -0.417. The zero-order valence-corrected chi connectivity index (χ0v) is 12.8. The van der Waals surface area contributed by atoms with Crippen LogP contribution >= 0.6 is 11.6 Å². The molecule has 0 amide bonds. The number of rotatable bonds is 3. The normalized spacial score (nSPS) is 12.3. The Morgan fingerprint density at radius 1 is 1.20 bits per heavy atom. The van der Waals surface area contributed by atoms with Gasteiger partial charge in [0, 0.05) is 17.1 Å². The molecule has 1 unspecified atom stereocenters. The van der Waals surface area contributed by atoms with Gasteiger partial charge >= 0.3 is 0 Å². The number of nitrogens with one attached hydrogen (secondary N) is 1. The van der Waals surface area contributed by atoms with Crippen molar-refractivity contribution in [3.05, 3.63) is 57.6 Å². The van der Waals surface area contributed by atoms with Gasteiger partial charge < -0.3 is 5.32 Å². The van der Waals surface area contributed by atoms with Crippen molar-refractivity contribution in [2.24, 2.45) is 0 Å². The predicted molar refractivity (Wildman–Crippen MR) is 81.9 cm³/mol. The van der Waals surface area contributed by atoms with Crippen LogP contribution in [-0.4, -0.2) is 4.98 Å². The largest absolute Gasteiger partial charge is 0.378 e. The molecule has 0 bridgehead atoms. The summed E-state index contributed by atoms with van der Waals surface area (Å²) in [6, 6.07) is 6.84. The lowest BCUT2D eigenvalue weighted by molar-refractivity contribution is 0.628. The number of nitrogens with zero attached hydrogens (tertiary/aromatic N) is 1. The lowest BCUT2D eigenvalue weighted by Gasteiger charge is -2.20. The number of aromatic nitrogens is 1. The van der Waals surface area contributed by atoms with E-state index in [0.717, 1.165) is 17.0 Å². The number of pyridine rings is 1. The molecule has 0 radical (unpaired) electrons. The van der Waals surface area contributed by atoms with Crippen LogP contribution in [0, 0.1) is 26.6 Å². The van der Waals surface area contributed by atoms with Crippen LogP contribution in [0.4, 0.5) is 10.1 Å². The van der Waals surface area contributed by atoms with Gasteiger partial charge in [0.15, 0.2) is 0 Å². The molecule has 0 aliphatic rings. The molecule has 0 aliphatic carbocycles.